The van der Waals surface area contributed by atoms with Crippen LogP contribution >= 0.6 is 11.8 Å². The van der Waals surface area contributed by atoms with Gasteiger partial charge < -0.3 is 13.8 Å². The standard InChI is InChI=1S/C20H19N5O3S2.C19H21N5O5S/c21-12-20(5-6-20)17-8-15(10-25-14-23-13-24-25)7-16(9-17)11-29-19-3-1-18(2-4-19)28-30(22,26)27;1-23(10-14-3-5-17(6-4-14)22-30(26,27)28)18-8-15(11-24-13-20-12-21-24)7-16(9-18)19(25)29-2/h1-4,7-9,13-14H,5-6,10-11H2,(H2,22,26,27);3-9,12-13,22H,10-11H2,1-2H3,(H,26,27,28). The molecule has 18 nitrogen and oxygen atoms in total. The number of thioether (sulfide) groups is 1. The Hall–Kier alpha value is -6.31. The number of nitriles is 1. The van der Waals surface area contributed by atoms with Gasteiger partial charge in [0.1, 0.15) is 31.1 Å². The van der Waals surface area contributed by atoms with Gasteiger partial charge in [0.05, 0.1) is 42.9 Å². The second kappa shape index (κ2) is 18.7. The molecule has 1 fully saturated rings. The maximum atomic E-state index is 12.1. The second-order valence-corrected chi connectivity index (χ2v) is 17.1. The summed E-state index contributed by atoms with van der Waals surface area (Å²) in [6, 6.07) is 27.5. The van der Waals surface area contributed by atoms with Crippen molar-refractivity contribution in [1.29, 1.82) is 5.26 Å². The third kappa shape index (κ3) is 12.6. The Morgan fingerprint density at radius 3 is 2.05 bits per heavy atom. The summed E-state index contributed by atoms with van der Waals surface area (Å²) in [7, 11) is -5.14. The molecular weight excluding hydrogens is 833 g/mol. The molecule has 0 spiro atoms. The van der Waals surface area contributed by atoms with Crippen molar-refractivity contribution < 1.29 is 35.1 Å². The van der Waals surface area contributed by atoms with Gasteiger partial charge in [0, 0.05) is 29.9 Å². The van der Waals surface area contributed by atoms with E-state index in [9.17, 15) is 26.9 Å². The van der Waals surface area contributed by atoms with Gasteiger partial charge >= 0.3 is 26.6 Å². The number of esters is 1. The van der Waals surface area contributed by atoms with Gasteiger partial charge in [0.2, 0.25) is 0 Å². The molecule has 1 aliphatic rings. The molecule has 7 rings (SSSR count). The molecule has 312 valence electrons. The Kier molecular flexibility index (Phi) is 13.5. The largest absolute Gasteiger partial charge is 0.465 e. The summed E-state index contributed by atoms with van der Waals surface area (Å²) in [5.74, 6) is 0.434. The Bertz CT molecular complexity index is 2670. The van der Waals surface area contributed by atoms with Crippen LogP contribution < -0.4 is 18.9 Å². The van der Waals surface area contributed by atoms with Gasteiger partial charge in [-0.25, -0.2) is 24.1 Å². The Morgan fingerprint density at radius 2 is 1.52 bits per heavy atom. The van der Waals surface area contributed by atoms with Crippen molar-refractivity contribution in [2.75, 3.05) is 23.8 Å². The fraction of sp³-hybridized carbons (Fsp3) is 0.231. The Labute approximate surface area is 351 Å². The topological polar surface area (TPSA) is 251 Å². The molecule has 2 aromatic heterocycles. The van der Waals surface area contributed by atoms with Gasteiger partial charge in [-0.2, -0.15) is 37.4 Å². The number of hydrogen-bond donors (Lipinski definition) is 3. The molecule has 0 atom stereocenters. The molecule has 0 radical (unpaired) electrons. The molecule has 0 aliphatic heterocycles. The average molecular weight is 873 g/mol. The number of aromatic nitrogens is 6. The van der Waals surface area contributed by atoms with Gasteiger partial charge in [0.25, 0.3) is 0 Å². The molecule has 0 unspecified atom stereocenters. The monoisotopic (exact) mass is 872 g/mol. The minimum Gasteiger partial charge on any atom is -0.465 e. The van der Waals surface area contributed by atoms with E-state index < -0.39 is 26.6 Å². The van der Waals surface area contributed by atoms with Crippen molar-refractivity contribution >= 4 is 49.7 Å². The summed E-state index contributed by atoms with van der Waals surface area (Å²) in [4.78, 5) is 22.9. The molecule has 0 saturated heterocycles. The molecule has 60 heavy (non-hydrogen) atoms. The van der Waals surface area contributed by atoms with Crippen LogP contribution in [0.2, 0.25) is 0 Å². The summed E-state index contributed by atoms with van der Waals surface area (Å²) in [6.45, 7) is 1.54. The lowest BCUT2D eigenvalue weighted by molar-refractivity contribution is 0.0600. The smallest absolute Gasteiger partial charge is 0.380 e. The lowest BCUT2D eigenvalue weighted by Gasteiger charge is -2.21. The average Bonchev–Trinajstić information content (AvgIpc) is 3.52. The number of benzene rings is 4. The van der Waals surface area contributed by atoms with Crippen molar-refractivity contribution in [2.24, 2.45) is 5.14 Å². The first-order valence-corrected chi connectivity index (χ1v) is 21.9. The summed E-state index contributed by atoms with van der Waals surface area (Å²) < 4.78 is 67.6. The SMILES string of the molecule is COC(=O)c1cc(Cn2cncn2)cc(N(C)Cc2ccc(NS(=O)(=O)O)cc2)c1.N#CC1(c2cc(CSc3ccc(OS(N)(=O)=O)cc3)cc(Cn3cncn3)c2)CC1. The van der Waals surface area contributed by atoms with Gasteiger partial charge in [-0.15, -0.1) is 11.8 Å². The van der Waals surface area contributed by atoms with E-state index in [4.69, 9.17) is 14.4 Å². The van der Waals surface area contributed by atoms with Crippen LogP contribution in [0.3, 0.4) is 0 Å². The predicted octanol–water partition coefficient (Wildman–Crippen LogP) is 4.72. The van der Waals surface area contributed by atoms with E-state index in [1.54, 1.807) is 94.4 Å². The van der Waals surface area contributed by atoms with Crippen LogP contribution in [-0.2, 0) is 56.1 Å². The minimum atomic E-state index is -4.31. The van der Waals surface area contributed by atoms with Crippen LogP contribution in [0.5, 0.6) is 5.75 Å². The Balaban J connectivity index is 0.000000201. The lowest BCUT2D eigenvalue weighted by atomic mass is 9.94. The van der Waals surface area contributed by atoms with E-state index >= 15 is 0 Å². The third-order valence-electron chi connectivity index (χ3n) is 9.09. The molecule has 1 saturated carbocycles. The highest BCUT2D eigenvalue weighted by Gasteiger charge is 2.45. The third-order valence-corrected chi connectivity index (χ3v) is 11.1. The van der Waals surface area contributed by atoms with Gasteiger partial charge in [-0.3, -0.25) is 9.27 Å². The maximum absolute atomic E-state index is 12.1. The van der Waals surface area contributed by atoms with E-state index in [1.807, 2.05) is 22.7 Å². The van der Waals surface area contributed by atoms with E-state index in [-0.39, 0.29) is 16.9 Å². The van der Waals surface area contributed by atoms with Crippen LogP contribution in [0, 0.1) is 11.3 Å². The normalized spacial score (nSPS) is 13.0. The zero-order chi connectivity index (χ0) is 42.9. The lowest BCUT2D eigenvalue weighted by Crippen LogP contribution is -2.18. The van der Waals surface area contributed by atoms with Crippen molar-refractivity contribution in [1.82, 2.24) is 29.5 Å². The molecule has 0 amide bonds. The molecule has 1 aliphatic carbocycles. The van der Waals surface area contributed by atoms with E-state index in [2.05, 4.69) is 48.6 Å². The number of nitrogens with zero attached hydrogens (tertiary/aromatic N) is 8. The number of hydrogen-bond acceptors (Lipinski definition) is 14. The highest BCUT2D eigenvalue weighted by molar-refractivity contribution is 7.98. The van der Waals surface area contributed by atoms with Crippen molar-refractivity contribution in [3.63, 3.8) is 0 Å². The Morgan fingerprint density at radius 1 is 0.900 bits per heavy atom. The highest BCUT2D eigenvalue weighted by atomic mass is 32.2. The van der Waals surface area contributed by atoms with E-state index in [0.29, 0.717) is 31.0 Å². The molecule has 0 bridgehead atoms. The number of ether oxygens (including phenoxy) is 1. The number of nitrogens with two attached hydrogens (primary N) is 1. The van der Waals surface area contributed by atoms with Crippen LogP contribution in [0.1, 0.15) is 51.0 Å². The predicted molar refractivity (Wildman–Crippen MR) is 222 cm³/mol. The first-order valence-electron chi connectivity index (χ1n) is 18.0. The van der Waals surface area contributed by atoms with Crippen molar-refractivity contribution in [3.8, 4) is 11.8 Å². The minimum absolute atomic E-state index is 0.170. The summed E-state index contributed by atoms with van der Waals surface area (Å²) >= 11 is 1.61. The van der Waals surface area contributed by atoms with Gasteiger partial charge in [-0.1, -0.05) is 30.3 Å². The molecule has 6 aromatic rings. The van der Waals surface area contributed by atoms with Gasteiger partial charge in [-0.05, 0) is 95.3 Å². The fourth-order valence-electron chi connectivity index (χ4n) is 6.11. The summed E-state index contributed by atoms with van der Waals surface area (Å²) in [5, 5.41) is 22.8. The van der Waals surface area contributed by atoms with Crippen LogP contribution in [0.15, 0.2) is 115 Å². The van der Waals surface area contributed by atoms with Crippen LogP contribution in [0.25, 0.3) is 0 Å². The molecule has 4 aromatic carbocycles. The van der Waals surface area contributed by atoms with Crippen LogP contribution in [0.4, 0.5) is 11.4 Å². The van der Waals surface area contributed by atoms with Crippen molar-refractivity contribution in [3.05, 3.63) is 144 Å². The first kappa shape index (κ1) is 43.3. The molecule has 2 heterocycles. The summed E-state index contributed by atoms with van der Waals surface area (Å²) in [5.41, 5.74) is 6.10. The maximum Gasteiger partial charge on any atom is 0.380 e. The number of carbonyl (C=O) groups excluding carboxylic acids is 1. The molecular formula is C39H40N10O8S3. The zero-order valence-corrected chi connectivity index (χ0v) is 34.8. The van der Waals surface area contributed by atoms with E-state index in [0.717, 1.165) is 51.2 Å². The number of anilines is 2. The van der Waals surface area contributed by atoms with Gasteiger partial charge in [0.15, 0.2) is 0 Å². The second-order valence-electron chi connectivity index (χ2n) is 13.8. The highest BCUT2D eigenvalue weighted by Crippen LogP contribution is 2.48. The summed E-state index contributed by atoms with van der Waals surface area (Å²) in [6.07, 6.45) is 7.97. The zero-order valence-electron chi connectivity index (χ0n) is 32.3. The van der Waals surface area contributed by atoms with Crippen molar-refractivity contribution in [2.45, 2.75) is 48.5 Å². The fourth-order valence-corrected chi connectivity index (χ4v) is 7.75. The van der Waals surface area contributed by atoms with Crippen LogP contribution in [-0.4, -0.2) is 71.0 Å². The number of rotatable bonds is 16. The molecule has 4 N–H and O–H groups in total. The molecule has 21 heteroatoms. The first-order chi connectivity index (χ1) is 28.6. The van der Waals surface area contributed by atoms with E-state index in [1.165, 1.54) is 19.8 Å². The number of nitrogens with one attached hydrogen (secondary N) is 1. The quantitative estimate of drug-likeness (QED) is 0.0676. The number of carbonyl (C=O) groups is 1. The number of methoxy groups -OCH3 is 1.